The number of halogens is 1. The van der Waals surface area contributed by atoms with Crippen molar-refractivity contribution in [2.75, 3.05) is 18.5 Å². The molecule has 0 saturated heterocycles. The molecule has 0 spiro atoms. The standard InChI is InChI=1S/C25H24FN3O4/c1-3-32-23-13-18(15-27-29-25(31)19-5-4-6-20(26)14-19)9-12-22(23)33-16-24(30)28-21-10-7-17(2)8-11-21/h4-15H,3,16H2,1-2H3,(H,28,30)(H,29,31)/b27-15-. The minimum absolute atomic E-state index is 0.162. The smallest absolute Gasteiger partial charge is 0.271 e. The number of amides is 2. The number of benzene rings is 3. The summed E-state index contributed by atoms with van der Waals surface area (Å²) in [6.45, 7) is 4.00. The summed E-state index contributed by atoms with van der Waals surface area (Å²) in [6.07, 6.45) is 1.42. The van der Waals surface area contributed by atoms with Gasteiger partial charge in [0.2, 0.25) is 0 Å². The highest BCUT2D eigenvalue weighted by Gasteiger charge is 2.10. The highest BCUT2D eigenvalue weighted by molar-refractivity contribution is 5.95. The quantitative estimate of drug-likeness (QED) is 0.376. The highest BCUT2D eigenvalue weighted by Crippen LogP contribution is 2.28. The molecular weight excluding hydrogens is 425 g/mol. The molecule has 0 unspecified atom stereocenters. The summed E-state index contributed by atoms with van der Waals surface area (Å²) >= 11 is 0. The van der Waals surface area contributed by atoms with E-state index in [1.54, 1.807) is 18.2 Å². The third-order valence-corrected chi connectivity index (χ3v) is 4.43. The number of hydrogen-bond acceptors (Lipinski definition) is 5. The van der Waals surface area contributed by atoms with E-state index in [1.165, 1.54) is 24.4 Å². The van der Waals surface area contributed by atoms with Crippen LogP contribution in [0.4, 0.5) is 10.1 Å². The van der Waals surface area contributed by atoms with E-state index in [2.05, 4.69) is 15.8 Å². The largest absolute Gasteiger partial charge is 0.490 e. The van der Waals surface area contributed by atoms with E-state index in [0.29, 0.717) is 29.4 Å². The zero-order valence-corrected chi connectivity index (χ0v) is 18.3. The Labute approximate surface area is 191 Å². The van der Waals surface area contributed by atoms with E-state index >= 15 is 0 Å². The number of nitrogens with zero attached hydrogens (tertiary/aromatic N) is 1. The van der Waals surface area contributed by atoms with E-state index in [9.17, 15) is 14.0 Å². The van der Waals surface area contributed by atoms with Gasteiger partial charge in [-0.15, -0.1) is 0 Å². The Bertz CT molecular complexity index is 1150. The third kappa shape index (κ3) is 7.17. The molecule has 0 aliphatic heterocycles. The predicted octanol–water partition coefficient (Wildman–Crippen LogP) is 4.31. The predicted molar refractivity (Wildman–Crippen MR) is 124 cm³/mol. The van der Waals surface area contributed by atoms with Gasteiger partial charge >= 0.3 is 0 Å². The summed E-state index contributed by atoms with van der Waals surface area (Å²) in [6, 6.07) is 17.8. The lowest BCUT2D eigenvalue weighted by Crippen LogP contribution is -2.20. The van der Waals surface area contributed by atoms with Gasteiger partial charge in [-0.3, -0.25) is 9.59 Å². The van der Waals surface area contributed by atoms with Crippen molar-refractivity contribution in [1.82, 2.24) is 5.43 Å². The monoisotopic (exact) mass is 449 g/mol. The van der Waals surface area contributed by atoms with Crippen LogP contribution in [0.25, 0.3) is 0 Å². The maximum Gasteiger partial charge on any atom is 0.271 e. The molecule has 3 aromatic rings. The second kappa shape index (κ2) is 11.4. The number of carbonyl (C=O) groups is 2. The molecule has 0 bridgehead atoms. The van der Waals surface area contributed by atoms with Gasteiger partial charge in [-0.2, -0.15) is 5.10 Å². The lowest BCUT2D eigenvalue weighted by atomic mass is 10.2. The molecule has 0 aliphatic carbocycles. The van der Waals surface area contributed by atoms with E-state index in [4.69, 9.17) is 9.47 Å². The third-order valence-electron chi connectivity index (χ3n) is 4.43. The number of hydrazone groups is 1. The van der Waals surface area contributed by atoms with Crippen molar-refractivity contribution >= 4 is 23.7 Å². The molecule has 0 saturated carbocycles. The van der Waals surface area contributed by atoms with Crippen molar-refractivity contribution < 1.29 is 23.5 Å². The lowest BCUT2D eigenvalue weighted by molar-refractivity contribution is -0.118. The summed E-state index contributed by atoms with van der Waals surface area (Å²) in [4.78, 5) is 24.2. The first-order valence-electron chi connectivity index (χ1n) is 10.3. The van der Waals surface area contributed by atoms with Crippen LogP contribution in [0, 0.1) is 12.7 Å². The molecule has 2 N–H and O–H groups in total. The van der Waals surface area contributed by atoms with Crippen molar-refractivity contribution in [3.05, 3.63) is 89.2 Å². The molecule has 0 radical (unpaired) electrons. The first-order valence-corrected chi connectivity index (χ1v) is 10.3. The van der Waals surface area contributed by atoms with E-state index in [-0.39, 0.29) is 18.1 Å². The van der Waals surface area contributed by atoms with Crippen LogP contribution in [-0.4, -0.2) is 31.2 Å². The molecule has 7 nitrogen and oxygen atoms in total. The molecular formula is C25H24FN3O4. The Hall–Kier alpha value is -4.20. The minimum Gasteiger partial charge on any atom is -0.490 e. The average Bonchev–Trinajstić information content (AvgIpc) is 2.80. The van der Waals surface area contributed by atoms with Crippen LogP contribution in [-0.2, 0) is 4.79 Å². The molecule has 170 valence electrons. The van der Waals surface area contributed by atoms with Gasteiger partial charge in [-0.1, -0.05) is 23.8 Å². The Kier molecular flexibility index (Phi) is 8.13. The zero-order valence-electron chi connectivity index (χ0n) is 18.3. The summed E-state index contributed by atoms with van der Waals surface area (Å²) in [5, 5.41) is 6.67. The first-order chi connectivity index (χ1) is 15.9. The first kappa shape index (κ1) is 23.5. The van der Waals surface area contributed by atoms with Crippen LogP contribution in [0.2, 0.25) is 0 Å². The number of ether oxygens (including phenoxy) is 2. The maximum atomic E-state index is 13.2. The molecule has 0 aliphatic rings. The zero-order chi connectivity index (χ0) is 23.6. The number of carbonyl (C=O) groups excluding carboxylic acids is 2. The van der Waals surface area contributed by atoms with Gasteiger partial charge in [0.15, 0.2) is 18.1 Å². The Morgan fingerprint density at radius 3 is 2.52 bits per heavy atom. The fourth-order valence-corrected chi connectivity index (χ4v) is 2.83. The maximum absolute atomic E-state index is 13.2. The SMILES string of the molecule is CCOc1cc(/C=N\NC(=O)c2cccc(F)c2)ccc1OCC(=O)Nc1ccc(C)cc1. The Morgan fingerprint density at radius 2 is 1.79 bits per heavy atom. The number of aryl methyl sites for hydroxylation is 1. The number of nitrogens with one attached hydrogen (secondary N) is 2. The molecule has 2 amide bonds. The summed E-state index contributed by atoms with van der Waals surface area (Å²) < 4.78 is 24.5. The second-order valence-electron chi connectivity index (χ2n) is 7.05. The van der Waals surface area contributed by atoms with Gasteiger partial charge in [-0.25, -0.2) is 9.82 Å². The van der Waals surface area contributed by atoms with Crippen LogP contribution in [0.1, 0.15) is 28.4 Å². The molecule has 0 fully saturated rings. The van der Waals surface area contributed by atoms with Crippen LogP contribution in [0.15, 0.2) is 71.8 Å². The van der Waals surface area contributed by atoms with Gasteiger partial charge in [0.25, 0.3) is 11.8 Å². The Morgan fingerprint density at radius 1 is 1.00 bits per heavy atom. The van der Waals surface area contributed by atoms with Crippen molar-refractivity contribution in [1.29, 1.82) is 0 Å². The van der Waals surface area contributed by atoms with Crippen LogP contribution in [0.3, 0.4) is 0 Å². The fraction of sp³-hybridized carbons (Fsp3) is 0.160. The lowest BCUT2D eigenvalue weighted by Gasteiger charge is -2.12. The molecule has 33 heavy (non-hydrogen) atoms. The summed E-state index contributed by atoms with van der Waals surface area (Å²) in [5.74, 6) is -0.503. The van der Waals surface area contributed by atoms with E-state index in [0.717, 1.165) is 11.6 Å². The molecule has 3 aromatic carbocycles. The second-order valence-corrected chi connectivity index (χ2v) is 7.05. The average molecular weight is 449 g/mol. The molecule has 0 aromatic heterocycles. The molecule has 0 atom stereocenters. The van der Waals surface area contributed by atoms with E-state index in [1.807, 2.05) is 38.1 Å². The minimum atomic E-state index is -0.532. The van der Waals surface area contributed by atoms with Gasteiger partial charge in [0.1, 0.15) is 5.82 Å². The van der Waals surface area contributed by atoms with E-state index < -0.39 is 11.7 Å². The van der Waals surface area contributed by atoms with Crippen LogP contribution >= 0.6 is 0 Å². The van der Waals surface area contributed by atoms with Crippen molar-refractivity contribution in [2.24, 2.45) is 5.10 Å². The fourth-order valence-electron chi connectivity index (χ4n) is 2.83. The van der Waals surface area contributed by atoms with Crippen molar-refractivity contribution in [2.45, 2.75) is 13.8 Å². The summed E-state index contributed by atoms with van der Waals surface area (Å²) in [5.41, 5.74) is 4.93. The highest BCUT2D eigenvalue weighted by atomic mass is 19.1. The number of hydrogen-bond donors (Lipinski definition) is 2. The van der Waals surface area contributed by atoms with Gasteiger partial charge < -0.3 is 14.8 Å². The van der Waals surface area contributed by atoms with Gasteiger partial charge in [0, 0.05) is 11.3 Å². The number of rotatable bonds is 9. The number of anilines is 1. The van der Waals surface area contributed by atoms with Crippen molar-refractivity contribution in [3.8, 4) is 11.5 Å². The molecule has 3 rings (SSSR count). The molecule has 0 heterocycles. The summed E-state index contributed by atoms with van der Waals surface area (Å²) in [7, 11) is 0. The van der Waals surface area contributed by atoms with Crippen molar-refractivity contribution in [3.63, 3.8) is 0 Å². The van der Waals surface area contributed by atoms with Gasteiger partial charge in [-0.05, 0) is 67.9 Å². The van der Waals surface area contributed by atoms with Crippen LogP contribution < -0.4 is 20.2 Å². The molecule has 8 heteroatoms. The van der Waals surface area contributed by atoms with Gasteiger partial charge in [0.05, 0.1) is 12.8 Å². The Balaban J connectivity index is 1.59. The van der Waals surface area contributed by atoms with Crippen LogP contribution in [0.5, 0.6) is 11.5 Å². The normalized spacial score (nSPS) is 10.6. The topological polar surface area (TPSA) is 89.0 Å².